The molecule has 1 rings (SSSR count). The molecule has 0 aliphatic heterocycles. The summed E-state index contributed by atoms with van der Waals surface area (Å²) < 4.78 is 10.3. The van der Waals surface area contributed by atoms with Crippen LogP contribution in [0.3, 0.4) is 0 Å². The molecule has 1 aromatic rings. The first-order valence-corrected chi connectivity index (χ1v) is 7.30. The molecule has 0 atom stereocenters. The summed E-state index contributed by atoms with van der Waals surface area (Å²) in [6.07, 6.45) is -0.548. The molecule has 0 aliphatic carbocycles. The number of aromatic amines is 1. The maximum atomic E-state index is 12.1. The zero-order chi connectivity index (χ0) is 17.9. The third-order valence-electron chi connectivity index (χ3n) is 3.12. The van der Waals surface area contributed by atoms with Gasteiger partial charge in [0.1, 0.15) is 17.0 Å². The smallest absolute Gasteiger partial charge is 0.414 e. The summed E-state index contributed by atoms with van der Waals surface area (Å²) in [7, 11) is 1.54. The number of carbonyl (C=O) groups excluding carboxylic acids is 2. The minimum atomic E-state index is -0.620. The molecule has 3 N–H and O–H groups in total. The Labute approximate surface area is 136 Å². The van der Waals surface area contributed by atoms with E-state index >= 15 is 0 Å². The van der Waals surface area contributed by atoms with Crippen LogP contribution in [0.2, 0.25) is 0 Å². The van der Waals surface area contributed by atoms with Crippen molar-refractivity contribution in [3.05, 3.63) is 23.4 Å². The lowest BCUT2D eigenvalue weighted by Gasteiger charge is -2.25. The van der Waals surface area contributed by atoms with Gasteiger partial charge in [0.15, 0.2) is 0 Å². The van der Waals surface area contributed by atoms with Crippen molar-refractivity contribution in [2.45, 2.75) is 40.2 Å². The van der Waals surface area contributed by atoms with Crippen molar-refractivity contribution in [1.29, 1.82) is 0 Å². The van der Waals surface area contributed by atoms with E-state index in [-0.39, 0.29) is 18.0 Å². The minimum Gasteiger partial charge on any atom is -0.462 e. The summed E-state index contributed by atoms with van der Waals surface area (Å²) in [5.74, 6) is -0.340. The van der Waals surface area contributed by atoms with E-state index in [1.54, 1.807) is 34.6 Å². The van der Waals surface area contributed by atoms with E-state index in [1.165, 1.54) is 11.9 Å². The van der Waals surface area contributed by atoms with Crippen molar-refractivity contribution in [2.24, 2.45) is 0 Å². The van der Waals surface area contributed by atoms with Crippen molar-refractivity contribution in [2.75, 3.05) is 19.4 Å². The first-order chi connectivity index (χ1) is 10.5. The van der Waals surface area contributed by atoms with Crippen molar-refractivity contribution >= 4 is 23.6 Å². The van der Waals surface area contributed by atoms with Crippen LogP contribution in [0.5, 0.6) is 0 Å². The Balaban J connectivity index is 3.08. The third-order valence-corrected chi connectivity index (χ3v) is 3.12. The van der Waals surface area contributed by atoms with Crippen LogP contribution in [0.4, 0.5) is 10.6 Å². The van der Waals surface area contributed by atoms with Crippen molar-refractivity contribution < 1.29 is 19.1 Å². The Hall–Kier alpha value is -2.44. The maximum Gasteiger partial charge on any atom is 0.414 e. The highest BCUT2D eigenvalue weighted by molar-refractivity contribution is 5.98. The average Bonchev–Trinajstić information content (AvgIpc) is 2.70. The number of amides is 1. The van der Waals surface area contributed by atoms with Gasteiger partial charge in [0.05, 0.1) is 18.0 Å². The highest BCUT2D eigenvalue weighted by Gasteiger charge is 2.26. The summed E-state index contributed by atoms with van der Waals surface area (Å²) in [6.45, 7) is 12.9. The monoisotopic (exact) mass is 323 g/mol. The van der Waals surface area contributed by atoms with E-state index in [1.807, 2.05) is 0 Å². The standard InChI is InChI=1S/C16H25N3O4/c1-8-22-14(20)11-9(2)12(18-13(11)17)10(3)19(7)15(21)23-16(4,5)6/h18H,3,8,17H2,1-2,4-7H3. The van der Waals surface area contributed by atoms with Gasteiger partial charge in [-0.05, 0) is 40.2 Å². The molecule has 1 aromatic heterocycles. The van der Waals surface area contributed by atoms with Crippen LogP contribution in [-0.2, 0) is 9.47 Å². The van der Waals surface area contributed by atoms with Crippen LogP contribution in [0.25, 0.3) is 5.70 Å². The molecule has 0 spiro atoms. The van der Waals surface area contributed by atoms with Gasteiger partial charge in [0, 0.05) is 7.05 Å². The van der Waals surface area contributed by atoms with E-state index < -0.39 is 17.7 Å². The largest absolute Gasteiger partial charge is 0.462 e. The number of rotatable bonds is 4. The fraction of sp³-hybridized carbons (Fsp3) is 0.500. The fourth-order valence-corrected chi connectivity index (χ4v) is 1.98. The van der Waals surface area contributed by atoms with Crippen LogP contribution in [-0.4, -0.2) is 41.2 Å². The van der Waals surface area contributed by atoms with Gasteiger partial charge >= 0.3 is 12.1 Å². The molecule has 7 heteroatoms. The van der Waals surface area contributed by atoms with Crippen molar-refractivity contribution in [3.63, 3.8) is 0 Å². The first kappa shape index (κ1) is 18.6. The van der Waals surface area contributed by atoms with Gasteiger partial charge in [-0.2, -0.15) is 0 Å². The van der Waals surface area contributed by atoms with E-state index in [0.29, 0.717) is 17.0 Å². The van der Waals surface area contributed by atoms with Gasteiger partial charge in [0.2, 0.25) is 0 Å². The molecule has 0 fully saturated rings. The average molecular weight is 323 g/mol. The van der Waals surface area contributed by atoms with Gasteiger partial charge in [0.25, 0.3) is 0 Å². The lowest BCUT2D eigenvalue weighted by Crippen LogP contribution is -2.33. The second kappa shape index (κ2) is 6.76. The number of H-pyrrole nitrogens is 1. The van der Waals surface area contributed by atoms with Crippen molar-refractivity contribution in [3.8, 4) is 0 Å². The molecule has 0 bridgehead atoms. The molecule has 0 unspecified atom stereocenters. The second-order valence-electron chi connectivity index (χ2n) is 6.12. The van der Waals surface area contributed by atoms with Gasteiger partial charge < -0.3 is 20.2 Å². The van der Waals surface area contributed by atoms with Crippen LogP contribution < -0.4 is 5.73 Å². The molecule has 23 heavy (non-hydrogen) atoms. The number of nitrogens with two attached hydrogens (primary N) is 1. The fourth-order valence-electron chi connectivity index (χ4n) is 1.98. The highest BCUT2D eigenvalue weighted by atomic mass is 16.6. The predicted octanol–water partition coefficient (Wildman–Crippen LogP) is 2.92. The Morgan fingerprint density at radius 3 is 2.39 bits per heavy atom. The lowest BCUT2D eigenvalue weighted by atomic mass is 10.1. The minimum absolute atomic E-state index is 0.176. The Morgan fingerprint density at radius 1 is 1.35 bits per heavy atom. The van der Waals surface area contributed by atoms with E-state index in [0.717, 1.165) is 0 Å². The van der Waals surface area contributed by atoms with E-state index in [9.17, 15) is 9.59 Å². The zero-order valence-corrected chi connectivity index (χ0v) is 14.6. The van der Waals surface area contributed by atoms with Crippen LogP contribution in [0, 0.1) is 6.92 Å². The topological polar surface area (TPSA) is 97.6 Å². The molecule has 128 valence electrons. The molecule has 7 nitrogen and oxygen atoms in total. The number of nitrogens with one attached hydrogen (secondary N) is 1. The maximum absolute atomic E-state index is 12.1. The van der Waals surface area contributed by atoms with E-state index in [2.05, 4.69) is 11.6 Å². The molecule has 0 saturated heterocycles. The Morgan fingerprint density at radius 2 is 1.91 bits per heavy atom. The summed E-state index contributed by atoms with van der Waals surface area (Å²) >= 11 is 0. The van der Waals surface area contributed by atoms with Gasteiger partial charge in [-0.3, -0.25) is 4.90 Å². The summed E-state index contributed by atoms with van der Waals surface area (Å²) in [5.41, 5.74) is 6.89. The quantitative estimate of drug-likeness (QED) is 0.830. The molecule has 0 aromatic carbocycles. The number of nitrogen functional groups attached to an aromatic ring is 1. The molecule has 0 saturated carbocycles. The Kier molecular flexibility index (Phi) is 5.47. The molecular formula is C16H25N3O4. The first-order valence-electron chi connectivity index (χ1n) is 7.30. The van der Waals surface area contributed by atoms with Gasteiger partial charge in [-0.25, -0.2) is 9.59 Å². The van der Waals surface area contributed by atoms with Crippen LogP contribution in [0.15, 0.2) is 6.58 Å². The predicted molar refractivity (Wildman–Crippen MR) is 88.9 cm³/mol. The molecule has 1 heterocycles. The van der Waals surface area contributed by atoms with Crippen molar-refractivity contribution in [1.82, 2.24) is 9.88 Å². The van der Waals surface area contributed by atoms with Gasteiger partial charge in [-0.15, -0.1) is 0 Å². The van der Waals surface area contributed by atoms with Crippen LogP contribution >= 0.6 is 0 Å². The van der Waals surface area contributed by atoms with Crippen LogP contribution in [0.1, 0.15) is 49.3 Å². The highest BCUT2D eigenvalue weighted by Crippen LogP contribution is 2.28. The SMILES string of the molecule is C=C(c1[nH]c(N)c(C(=O)OCC)c1C)N(C)C(=O)OC(C)(C)C. The van der Waals surface area contributed by atoms with E-state index in [4.69, 9.17) is 15.2 Å². The van der Waals surface area contributed by atoms with Gasteiger partial charge in [-0.1, -0.05) is 6.58 Å². The summed E-state index contributed by atoms with van der Waals surface area (Å²) in [6, 6.07) is 0. The number of carbonyl (C=O) groups is 2. The normalized spacial score (nSPS) is 11.0. The number of anilines is 1. The molecular weight excluding hydrogens is 298 g/mol. The molecule has 0 aliphatic rings. The summed E-state index contributed by atoms with van der Waals surface area (Å²) in [4.78, 5) is 28.2. The number of aromatic nitrogens is 1. The summed E-state index contributed by atoms with van der Waals surface area (Å²) in [5, 5.41) is 0. The second-order valence-corrected chi connectivity index (χ2v) is 6.12. The Bertz CT molecular complexity index is 626. The number of nitrogens with zero attached hydrogens (tertiary/aromatic N) is 1. The number of hydrogen-bond donors (Lipinski definition) is 2. The molecule has 0 radical (unpaired) electrons. The zero-order valence-electron chi connectivity index (χ0n) is 14.6. The molecule has 1 amide bonds. The lowest BCUT2D eigenvalue weighted by molar-refractivity contribution is 0.0387. The number of hydrogen-bond acceptors (Lipinski definition) is 5. The number of esters is 1. The number of ether oxygens (including phenoxy) is 2. The third kappa shape index (κ3) is 4.28.